The second kappa shape index (κ2) is 9.57. The largest absolute Gasteiger partial charge is 0.488 e. The molecular weight excluding hydrogens is 348 g/mol. The van der Waals surface area contributed by atoms with Crippen LogP contribution in [-0.2, 0) is 19.6 Å². The monoisotopic (exact) mass is 372 g/mol. The van der Waals surface area contributed by atoms with Gasteiger partial charge >= 0.3 is 0 Å². The van der Waals surface area contributed by atoms with Crippen molar-refractivity contribution in [3.63, 3.8) is 0 Å². The Balaban J connectivity index is 1.69. The first-order valence-corrected chi connectivity index (χ1v) is 9.59. The average molecular weight is 372 g/mol. The van der Waals surface area contributed by atoms with Gasteiger partial charge in [0.15, 0.2) is 0 Å². The molecule has 3 aromatic rings. The van der Waals surface area contributed by atoms with Crippen LogP contribution in [0.15, 0.2) is 71.5 Å². The summed E-state index contributed by atoms with van der Waals surface area (Å²) in [5.41, 5.74) is 3.74. The molecule has 28 heavy (non-hydrogen) atoms. The second-order valence-corrected chi connectivity index (χ2v) is 6.76. The van der Waals surface area contributed by atoms with Crippen molar-refractivity contribution in [2.75, 3.05) is 0 Å². The Hall–Kier alpha value is -3.32. The predicted molar refractivity (Wildman–Crippen MR) is 110 cm³/mol. The molecule has 0 bridgehead atoms. The zero-order chi connectivity index (χ0) is 19.8. The van der Waals surface area contributed by atoms with Crippen LogP contribution in [0.4, 0.5) is 0 Å². The lowest BCUT2D eigenvalue weighted by Crippen LogP contribution is -2.23. The SMILES string of the molecule is CCCCc1cccc(=O)n1Cc1ccc(COc2ccccc2C#N)cc1. The minimum Gasteiger partial charge on any atom is -0.488 e. The van der Waals surface area contributed by atoms with Crippen molar-refractivity contribution in [3.8, 4) is 11.8 Å². The molecule has 2 aromatic carbocycles. The summed E-state index contributed by atoms with van der Waals surface area (Å²) < 4.78 is 7.63. The van der Waals surface area contributed by atoms with Crippen molar-refractivity contribution in [2.45, 2.75) is 39.3 Å². The van der Waals surface area contributed by atoms with Gasteiger partial charge in [-0.05, 0) is 42.2 Å². The van der Waals surface area contributed by atoms with Gasteiger partial charge in [0.1, 0.15) is 18.4 Å². The number of ether oxygens (including phenoxy) is 1. The third-order valence-corrected chi connectivity index (χ3v) is 4.69. The summed E-state index contributed by atoms with van der Waals surface area (Å²) in [6.07, 6.45) is 3.09. The van der Waals surface area contributed by atoms with E-state index in [-0.39, 0.29) is 5.56 Å². The summed E-state index contributed by atoms with van der Waals surface area (Å²) in [4.78, 5) is 12.3. The average Bonchev–Trinajstić information content (AvgIpc) is 2.73. The van der Waals surface area contributed by atoms with Crippen LogP contribution >= 0.6 is 0 Å². The van der Waals surface area contributed by atoms with Crippen molar-refractivity contribution >= 4 is 0 Å². The molecule has 0 aliphatic rings. The van der Waals surface area contributed by atoms with Crippen LogP contribution in [0.5, 0.6) is 5.75 Å². The molecule has 1 heterocycles. The fourth-order valence-corrected chi connectivity index (χ4v) is 3.09. The van der Waals surface area contributed by atoms with Crippen LogP contribution in [0.1, 0.15) is 42.1 Å². The Morgan fingerprint density at radius 2 is 1.71 bits per heavy atom. The third-order valence-electron chi connectivity index (χ3n) is 4.69. The molecule has 142 valence electrons. The molecule has 0 saturated carbocycles. The number of nitrogens with zero attached hydrogens (tertiary/aromatic N) is 2. The van der Waals surface area contributed by atoms with Gasteiger partial charge < -0.3 is 9.30 Å². The van der Waals surface area contributed by atoms with Crippen LogP contribution in [0, 0.1) is 11.3 Å². The van der Waals surface area contributed by atoms with Crippen LogP contribution in [0.25, 0.3) is 0 Å². The molecule has 0 fully saturated rings. The van der Waals surface area contributed by atoms with Gasteiger partial charge in [-0.3, -0.25) is 4.79 Å². The molecule has 0 N–H and O–H groups in total. The topological polar surface area (TPSA) is 55.0 Å². The van der Waals surface area contributed by atoms with Crippen molar-refractivity contribution in [2.24, 2.45) is 0 Å². The molecule has 3 rings (SSSR count). The highest BCUT2D eigenvalue weighted by atomic mass is 16.5. The molecule has 0 unspecified atom stereocenters. The first-order valence-electron chi connectivity index (χ1n) is 9.59. The van der Waals surface area contributed by atoms with E-state index in [4.69, 9.17) is 10.00 Å². The van der Waals surface area contributed by atoms with Gasteiger partial charge in [0, 0.05) is 11.8 Å². The first kappa shape index (κ1) is 19.4. The lowest BCUT2D eigenvalue weighted by atomic mass is 10.1. The Labute approximate surface area is 165 Å². The number of rotatable bonds is 8. The van der Waals surface area contributed by atoms with E-state index in [0.717, 1.165) is 36.1 Å². The molecule has 0 atom stereocenters. The number of pyridine rings is 1. The highest BCUT2D eigenvalue weighted by molar-refractivity contribution is 5.42. The molecule has 0 aliphatic carbocycles. The van der Waals surface area contributed by atoms with Crippen LogP contribution < -0.4 is 10.3 Å². The van der Waals surface area contributed by atoms with E-state index in [2.05, 4.69) is 13.0 Å². The lowest BCUT2D eigenvalue weighted by molar-refractivity contribution is 0.305. The van der Waals surface area contributed by atoms with Gasteiger partial charge in [0.05, 0.1) is 12.1 Å². The summed E-state index contributed by atoms with van der Waals surface area (Å²) >= 11 is 0. The summed E-state index contributed by atoms with van der Waals surface area (Å²) in [7, 11) is 0. The number of hydrogen-bond donors (Lipinski definition) is 0. The van der Waals surface area contributed by atoms with E-state index in [1.165, 1.54) is 0 Å². The zero-order valence-corrected chi connectivity index (χ0v) is 16.1. The zero-order valence-electron chi connectivity index (χ0n) is 16.1. The third kappa shape index (κ3) is 4.89. The fraction of sp³-hybridized carbons (Fsp3) is 0.250. The van der Waals surface area contributed by atoms with Gasteiger partial charge in [0.2, 0.25) is 0 Å². The second-order valence-electron chi connectivity index (χ2n) is 6.76. The van der Waals surface area contributed by atoms with Gasteiger partial charge in [-0.2, -0.15) is 5.26 Å². The van der Waals surface area contributed by atoms with Crippen molar-refractivity contribution < 1.29 is 4.74 Å². The number of benzene rings is 2. The molecule has 0 spiro atoms. The molecule has 0 saturated heterocycles. The Morgan fingerprint density at radius 3 is 2.46 bits per heavy atom. The maximum absolute atomic E-state index is 12.3. The standard InChI is InChI=1S/C24H24N2O2/c1-2-3-8-22-9-6-11-24(27)26(22)17-19-12-14-20(15-13-19)18-28-23-10-5-4-7-21(23)16-25/h4-7,9-15H,2-3,8,17-18H2,1H3. The van der Waals surface area contributed by atoms with E-state index in [9.17, 15) is 4.79 Å². The minimum atomic E-state index is 0.0362. The van der Waals surface area contributed by atoms with Gasteiger partial charge in [0.25, 0.3) is 5.56 Å². The van der Waals surface area contributed by atoms with E-state index in [0.29, 0.717) is 24.5 Å². The molecule has 1 aromatic heterocycles. The number of aromatic nitrogens is 1. The molecule has 4 nitrogen and oxygen atoms in total. The predicted octanol–water partition coefficient (Wildman–Crippen LogP) is 4.69. The molecular formula is C24H24N2O2. The molecule has 0 aliphatic heterocycles. The summed E-state index contributed by atoms with van der Waals surface area (Å²) in [5, 5.41) is 9.13. The Kier molecular flexibility index (Phi) is 6.64. The maximum atomic E-state index is 12.3. The van der Waals surface area contributed by atoms with Gasteiger partial charge in [-0.25, -0.2) is 0 Å². The molecule has 0 amide bonds. The summed E-state index contributed by atoms with van der Waals surface area (Å²) in [5.74, 6) is 0.588. The molecule has 0 radical (unpaired) electrons. The summed E-state index contributed by atoms with van der Waals surface area (Å²) in [6.45, 7) is 3.12. The minimum absolute atomic E-state index is 0.0362. The first-order chi connectivity index (χ1) is 13.7. The number of hydrogen-bond acceptors (Lipinski definition) is 3. The Bertz CT molecular complexity index is 1010. The van der Waals surface area contributed by atoms with Crippen LogP contribution in [0.3, 0.4) is 0 Å². The number of para-hydroxylation sites is 1. The van der Waals surface area contributed by atoms with E-state index in [1.54, 1.807) is 18.2 Å². The number of aryl methyl sites for hydroxylation is 1. The van der Waals surface area contributed by atoms with E-state index < -0.39 is 0 Å². The number of unbranched alkanes of at least 4 members (excludes halogenated alkanes) is 1. The van der Waals surface area contributed by atoms with Crippen molar-refractivity contribution in [1.82, 2.24) is 4.57 Å². The summed E-state index contributed by atoms with van der Waals surface area (Å²) in [6, 6.07) is 22.9. The normalized spacial score (nSPS) is 10.4. The highest BCUT2D eigenvalue weighted by Gasteiger charge is 2.06. The smallest absolute Gasteiger partial charge is 0.251 e. The van der Waals surface area contributed by atoms with Crippen molar-refractivity contribution in [1.29, 1.82) is 5.26 Å². The highest BCUT2D eigenvalue weighted by Crippen LogP contribution is 2.18. The van der Waals surface area contributed by atoms with E-state index in [1.807, 2.05) is 53.1 Å². The maximum Gasteiger partial charge on any atom is 0.251 e. The van der Waals surface area contributed by atoms with Gasteiger partial charge in [-0.15, -0.1) is 0 Å². The Morgan fingerprint density at radius 1 is 0.964 bits per heavy atom. The van der Waals surface area contributed by atoms with Crippen LogP contribution in [-0.4, -0.2) is 4.57 Å². The van der Waals surface area contributed by atoms with Gasteiger partial charge in [-0.1, -0.05) is 55.8 Å². The van der Waals surface area contributed by atoms with Crippen molar-refractivity contribution in [3.05, 3.63) is 99.5 Å². The molecule has 4 heteroatoms. The lowest BCUT2D eigenvalue weighted by Gasteiger charge is -2.13. The number of nitriles is 1. The van der Waals surface area contributed by atoms with E-state index >= 15 is 0 Å². The fourth-order valence-electron chi connectivity index (χ4n) is 3.09. The quantitative estimate of drug-likeness (QED) is 0.576. The van der Waals surface area contributed by atoms with Crippen LogP contribution in [0.2, 0.25) is 0 Å².